The second-order valence-corrected chi connectivity index (χ2v) is 10.5. The highest BCUT2D eigenvalue weighted by Gasteiger charge is 2.62. The smallest absolute Gasteiger partial charge is 0.249 e. The average molecular weight is 597 g/mol. The number of aliphatic hydroxyl groups is 3. The number of carbonyl (C=O) groups excluding carboxylic acids is 1. The Kier molecular flexibility index (Phi) is 7.52. The van der Waals surface area contributed by atoms with Crippen molar-refractivity contribution in [2.24, 2.45) is 5.73 Å². The first-order chi connectivity index (χ1) is 20.7. The molecule has 2 fully saturated rings. The molecule has 43 heavy (non-hydrogen) atoms. The number of carbonyl (C=O) groups is 1. The van der Waals surface area contributed by atoms with Crippen LogP contribution < -0.4 is 5.73 Å². The number of rotatable bonds is 6. The molecule has 0 saturated carbocycles. The van der Waals surface area contributed by atoms with E-state index in [-0.39, 0.29) is 29.8 Å². The number of aliphatic hydroxyl groups excluding tert-OH is 3. The van der Waals surface area contributed by atoms with Crippen LogP contribution in [0.4, 0.5) is 13.2 Å². The number of nitrogens with zero attached hydrogens (tertiary/aromatic N) is 3. The molecule has 0 radical (unpaired) electrons. The lowest BCUT2D eigenvalue weighted by Gasteiger charge is -2.50. The maximum atomic E-state index is 13.9. The summed E-state index contributed by atoms with van der Waals surface area (Å²) < 4.78 is 54.6. The minimum absolute atomic E-state index is 0.0752. The zero-order chi connectivity index (χ0) is 30.5. The molecule has 3 heterocycles. The molecule has 224 valence electrons. The quantitative estimate of drug-likeness (QED) is 0.248. The fraction of sp³-hybridized carbons (Fsp3) is 0.300. The van der Waals surface area contributed by atoms with Gasteiger partial charge in [0.15, 0.2) is 17.5 Å². The Bertz CT molecular complexity index is 1650. The number of amides is 1. The van der Waals surface area contributed by atoms with Crippen molar-refractivity contribution in [2.75, 3.05) is 13.2 Å². The van der Waals surface area contributed by atoms with Gasteiger partial charge in [-0.1, -0.05) is 53.7 Å². The maximum absolute atomic E-state index is 13.9. The molecule has 4 aromatic rings. The average Bonchev–Trinajstić information content (AvgIpc) is 3.66. The molecule has 2 saturated heterocycles. The SMILES string of the molecule is NC(=O)c1c(-c2ccccc2)cccc1[C@H]1CCO[C@]12O[C@H](CO)[C@H](O)[C@H](n1cc(-c3cc(F)c(F)c(F)c3)nn1)[C@H]2O. The summed E-state index contributed by atoms with van der Waals surface area (Å²) in [5, 5.41) is 41.0. The second-order valence-electron chi connectivity index (χ2n) is 10.5. The van der Waals surface area contributed by atoms with Gasteiger partial charge in [0.05, 0.1) is 25.0 Å². The molecule has 0 unspecified atom stereocenters. The van der Waals surface area contributed by atoms with Crippen LogP contribution >= 0.6 is 0 Å². The summed E-state index contributed by atoms with van der Waals surface area (Å²) >= 11 is 0. The summed E-state index contributed by atoms with van der Waals surface area (Å²) in [6, 6.07) is 14.4. The van der Waals surface area contributed by atoms with Gasteiger partial charge in [-0.2, -0.15) is 0 Å². The van der Waals surface area contributed by atoms with Crippen molar-refractivity contribution in [3.05, 3.63) is 95.4 Å². The lowest BCUT2D eigenvalue weighted by atomic mass is 9.77. The van der Waals surface area contributed by atoms with Gasteiger partial charge in [-0.15, -0.1) is 5.10 Å². The van der Waals surface area contributed by atoms with Crippen LogP contribution in [-0.2, 0) is 9.47 Å². The van der Waals surface area contributed by atoms with Crippen LogP contribution in [0.25, 0.3) is 22.4 Å². The Morgan fingerprint density at radius 3 is 2.44 bits per heavy atom. The third-order valence-electron chi connectivity index (χ3n) is 8.10. The predicted octanol–water partition coefficient (Wildman–Crippen LogP) is 2.68. The van der Waals surface area contributed by atoms with Crippen molar-refractivity contribution in [3.8, 4) is 22.4 Å². The van der Waals surface area contributed by atoms with Crippen molar-refractivity contribution >= 4 is 5.91 Å². The van der Waals surface area contributed by atoms with E-state index in [9.17, 15) is 33.3 Å². The Balaban J connectivity index is 1.43. The summed E-state index contributed by atoms with van der Waals surface area (Å²) in [5.41, 5.74) is 7.62. The molecule has 6 atom stereocenters. The lowest BCUT2D eigenvalue weighted by Crippen LogP contribution is -2.64. The number of halogens is 3. The van der Waals surface area contributed by atoms with Crippen LogP contribution in [0.1, 0.15) is 34.3 Å². The predicted molar refractivity (Wildman–Crippen MR) is 145 cm³/mol. The summed E-state index contributed by atoms with van der Waals surface area (Å²) in [6.45, 7) is -0.585. The maximum Gasteiger partial charge on any atom is 0.249 e. The van der Waals surface area contributed by atoms with Crippen LogP contribution in [-0.4, -0.2) is 73.5 Å². The van der Waals surface area contributed by atoms with E-state index in [4.69, 9.17) is 15.2 Å². The van der Waals surface area contributed by atoms with E-state index in [1.54, 1.807) is 18.2 Å². The van der Waals surface area contributed by atoms with Crippen molar-refractivity contribution in [1.29, 1.82) is 0 Å². The van der Waals surface area contributed by atoms with Crippen molar-refractivity contribution in [2.45, 2.75) is 42.5 Å². The first kappa shape index (κ1) is 29.0. The van der Waals surface area contributed by atoms with Crippen LogP contribution in [0.2, 0.25) is 0 Å². The summed E-state index contributed by atoms with van der Waals surface area (Å²) in [5.74, 6) is -7.88. The molecule has 1 aromatic heterocycles. The van der Waals surface area contributed by atoms with Gasteiger partial charge >= 0.3 is 0 Å². The number of benzene rings is 3. The van der Waals surface area contributed by atoms with Gasteiger partial charge in [-0.3, -0.25) is 4.79 Å². The minimum atomic E-state index is -1.88. The van der Waals surface area contributed by atoms with Gasteiger partial charge in [0.25, 0.3) is 0 Å². The molecule has 0 bridgehead atoms. The molecule has 2 aliphatic heterocycles. The topological polar surface area (TPSA) is 153 Å². The lowest BCUT2D eigenvalue weighted by molar-refractivity contribution is -0.344. The molecule has 5 N–H and O–H groups in total. The molecular weight excluding hydrogens is 569 g/mol. The highest BCUT2D eigenvalue weighted by atomic mass is 19.2. The van der Waals surface area contributed by atoms with Gasteiger partial charge < -0.3 is 30.5 Å². The van der Waals surface area contributed by atoms with E-state index in [1.807, 2.05) is 30.3 Å². The third kappa shape index (κ3) is 4.79. The number of primary amides is 1. The highest BCUT2D eigenvalue weighted by Crippen LogP contribution is 2.51. The van der Waals surface area contributed by atoms with Gasteiger partial charge in [0.1, 0.15) is 30.0 Å². The number of hydrogen-bond acceptors (Lipinski definition) is 8. The van der Waals surface area contributed by atoms with Crippen LogP contribution in [0.5, 0.6) is 0 Å². The van der Waals surface area contributed by atoms with Gasteiger partial charge in [-0.25, -0.2) is 17.9 Å². The Morgan fingerprint density at radius 2 is 1.77 bits per heavy atom. The molecule has 1 amide bonds. The Hall–Kier alpha value is -4.14. The summed E-state index contributed by atoms with van der Waals surface area (Å²) in [6.07, 6.45) is -2.98. The second kappa shape index (κ2) is 11.2. The fourth-order valence-electron chi connectivity index (χ4n) is 6.14. The van der Waals surface area contributed by atoms with E-state index >= 15 is 0 Å². The third-order valence-corrected chi connectivity index (χ3v) is 8.10. The van der Waals surface area contributed by atoms with Crippen LogP contribution in [0, 0.1) is 17.5 Å². The minimum Gasteiger partial charge on any atom is -0.394 e. The van der Waals surface area contributed by atoms with Crippen molar-refractivity contribution < 1.29 is 42.8 Å². The van der Waals surface area contributed by atoms with Crippen molar-refractivity contribution in [3.63, 3.8) is 0 Å². The van der Waals surface area contributed by atoms with Gasteiger partial charge in [0, 0.05) is 11.5 Å². The molecular formula is C30H27F3N4O6. The first-order valence-electron chi connectivity index (χ1n) is 13.5. The van der Waals surface area contributed by atoms with E-state index in [0.717, 1.165) is 22.4 Å². The van der Waals surface area contributed by atoms with Crippen LogP contribution in [0.15, 0.2) is 66.9 Å². The number of nitrogens with two attached hydrogens (primary N) is 1. The molecule has 6 rings (SSSR count). The summed E-state index contributed by atoms with van der Waals surface area (Å²) in [7, 11) is 0. The molecule has 13 heteroatoms. The summed E-state index contributed by atoms with van der Waals surface area (Å²) in [4.78, 5) is 12.9. The zero-order valence-electron chi connectivity index (χ0n) is 22.5. The molecule has 10 nitrogen and oxygen atoms in total. The van der Waals surface area contributed by atoms with E-state index < -0.39 is 66.0 Å². The normalized spacial score (nSPS) is 27.1. The number of ether oxygens (including phenoxy) is 2. The first-order valence-corrected chi connectivity index (χ1v) is 13.5. The Labute approximate surface area is 243 Å². The fourth-order valence-corrected chi connectivity index (χ4v) is 6.14. The molecule has 0 aliphatic carbocycles. The standard InChI is InChI=1S/C30H27F3N4O6/c31-20-11-16(12-21(32)25(20)33)22-13-37(36-35-22)26-27(39)23(14-38)43-30(28(26)40)19(9-10-42-30)18-8-4-7-17(24(18)29(34)41)15-5-2-1-3-6-15/h1-8,11-13,19,23,26-28,38-40H,9-10,14H2,(H2,34,41)/t19-,23-,26+,27+,28-,30+/m1/s1. The number of hydrogen-bond donors (Lipinski definition) is 4. The zero-order valence-corrected chi connectivity index (χ0v) is 22.5. The van der Waals surface area contributed by atoms with E-state index in [2.05, 4.69) is 10.3 Å². The monoisotopic (exact) mass is 596 g/mol. The highest BCUT2D eigenvalue weighted by molar-refractivity contribution is 6.01. The van der Waals surface area contributed by atoms with Gasteiger partial charge in [0.2, 0.25) is 11.7 Å². The molecule has 3 aromatic carbocycles. The van der Waals surface area contributed by atoms with Crippen molar-refractivity contribution in [1.82, 2.24) is 15.0 Å². The largest absolute Gasteiger partial charge is 0.394 e. The number of aromatic nitrogens is 3. The van der Waals surface area contributed by atoms with Gasteiger partial charge in [-0.05, 0) is 35.2 Å². The Morgan fingerprint density at radius 1 is 1.05 bits per heavy atom. The molecule has 2 aliphatic rings. The molecule has 1 spiro atoms. The van der Waals surface area contributed by atoms with E-state index in [1.165, 1.54) is 6.20 Å². The van der Waals surface area contributed by atoms with Crippen LogP contribution in [0.3, 0.4) is 0 Å². The van der Waals surface area contributed by atoms with E-state index in [0.29, 0.717) is 11.1 Å².